The average molecular weight is 338 g/mol. The lowest BCUT2D eigenvalue weighted by molar-refractivity contribution is -0.138. The fraction of sp³-hybridized carbons (Fsp3) is 0.333. The molecule has 0 bridgehead atoms. The minimum atomic E-state index is -3.37. The smallest absolute Gasteiger partial charge is 0.303 e. The van der Waals surface area contributed by atoms with Gasteiger partial charge in [0.15, 0.2) is 5.78 Å². The summed E-state index contributed by atoms with van der Waals surface area (Å²) in [6, 6.07) is 6.90. The molecule has 0 radical (unpaired) electrons. The normalized spacial score (nSPS) is 11.5. The maximum Gasteiger partial charge on any atom is 0.303 e. The van der Waals surface area contributed by atoms with Crippen molar-refractivity contribution in [3.05, 3.63) is 30.5 Å². The second kappa shape index (κ2) is 6.82. The molecular weight excluding hydrogens is 320 g/mol. The van der Waals surface area contributed by atoms with Gasteiger partial charge in [-0.25, -0.2) is 8.42 Å². The Kier molecular flexibility index (Phi) is 5.05. The van der Waals surface area contributed by atoms with Gasteiger partial charge in [0.2, 0.25) is 10.0 Å². The lowest BCUT2D eigenvalue weighted by Crippen LogP contribution is -2.14. The van der Waals surface area contributed by atoms with E-state index in [-0.39, 0.29) is 30.9 Å². The number of carboxylic acids is 1. The highest BCUT2D eigenvalue weighted by molar-refractivity contribution is 7.92. The molecular formula is C15H18N2O5S. The molecule has 1 aromatic heterocycles. The summed E-state index contributed by atoms with van der Waals surface area (Å²) >= 11 is 0. The SMILES string of the molecule is CCS(=O)(=O)Nc1ccc2ccn(CC(=O)CCC(=O)O)c2c1. The number of sulfonamides is 1. The third kappa shape index (κ3) is 4.56. The van der Waals surface area contributed by atoms with Gasteiger partial charge in [0, 0.05) is 12.6 Å². The van der Waals surface area contributed by atoms with Crippen molar-refractivity contribution in [1.29, 1.82) is 0 Å². The van der Waals surface area contributed by atoms with Crippen LogP contribution < -0.4 is 4.72 Å². The number of hydrogen-bond acceptors (Lipinski definition) is 4. The van der Waals surface area contributed by atoms with Crippen LogP contribution in [0.1, 0.15) is 19.8 Å². The molecule has 8 heteroatoms. The Labute approximate surface area is 134 Å². The van der Waals surface area contributed by atoms with E-state index in [2.05, 4.69) is 4.72 Å². The van der Waals surface area contributed by atoms with Crippen molar-refractivity contribution in [2.24, 2.45) is 0 Å². The fourth-order valence-electron chi connectivity index (χ4n) is 2.15. The topological polar surface area (TPSA) is 105 Å². The van der Waals surface area contributed by atoms with Crippen LogP contribution in [0.3, 0.4) is 0 Å². The van der Waals surface area contributed by atoms with Gasteiger partial charge in [0.1, 0.15) is 0 Å². The van der Waals surface area contributed by atoms with Gasteiger partial charge in [-0.3, -0.25) is 14.3 Å². The van der Waals surface area contributed by atoms with Gasteiger partial charge in [0.05, 0.1) is 29.9 Å². The number of rotatable bonds is 8. The molecule has 0 unspecified atom stereocenters. The predicted octanol–water partition coefficient (Wildman–Crippen LogP) is 1.84. The number of carbonyl (C=O) groups excluding carboxylic acids is 1. The molecule has 0 saturated heterocycles. The van der Waals surface area contributed by atoms with Gasteiger partial charge >= 0.3 is 5.97 Å². The number of aromatic nitrogens is 1. The van der Waals surface area contributed by atoms with E-state index >= 15 is 0 Å². The molecule has 2 aromatic rings. The Hall–Kier alpha value is -2.35. The number of carbonyl (C=O) groups is 2. The molecule has 1 aromatic carbocycles. The van der Waals surface area contributed by atoms with E-state index in [1.807, 2.05) is 6.07 Å². The fourth-order valence-corrected chi connectivity index (χ4v) is 2.78. The molecule has 0 aliphatic heterocycles. The minimum Gasteiger partial charge on any atom is -0.481 e. The Morgan fingerprint density at radius 3 is 2.61 bits per heavy atom. The lowest BCUT2D eigenvalue weighted by atomic mass is 10.2. The Morgan fingerprint density at radius 1 is 1.22 bits per heavy atom. The lowest BCUT2D eigenvalue weighted by Gasteiger charge is -2.08. The molecule has 1 heterocycles. The number of benzene rings is 1. The van der Waals surface area contributed by atoms with Crippen molar-refractivity contribution in [3.8, 4) is 0 Å². The summed E-state index contributed by atoms with van der Waals surface area (Å²) in [4.78, 5) is 22.3. The zero-order valence-electron chi connectivity index (χ0n) is 12.7. The maximum absolute atomic E-state index is 11.8. The third-order valence-corrected chi connectivity index (χ3v) is 4.70. The monoisotopic (exact) mass is 338 g/mol. The second-order valence-electron chi connectivity index (χ2n) is 5.16. The molecule has 0 aliphatic carbocycles. The van der Waals surface area contributed by atoms with E-state index in [9.17, 15) is 18.0 Å². The number of fused-ring (bicyclic) bond motifs is 1. The summed E-state index contributed by atoms with van der Waals surface area (Å²) in [6.07, 6.45) is 1.50. The highest BCUT2D eigenvalue weighted by atomic mass is 32.2. The van der Waals surface area contributed by atoms with Gasteiger partial charge in [-0.05, 0) is 30.5 Å². The molecule has 124 valence electrons. The number of nitrogens with zero attached hydrogens (tertiary/aromatic N) is 1. The molecule has 0 amide bonds. The van der Waals surface area contributed by atoms with E-state index < -0.39 is 16.0 Å². The van der Waals surface area contributed by atoms with Crippen molar-refractivity contribution in [2.45, 2.75) is 26.3 Å². The largest absolute Gasteiger partial charge is 0.481 e. The van der Waals surface area contributed by atoms with E-state index in [1.165, 1.54) is 0 Å². The van der Waals surface area contributed by atoms with Crippen LogP contribution in [0.5, 0.6) is 0 Å². The van der Waals surface area contributed by atoms with Crippen molar-refractivity contribution < 1.29 is 23.1 Å². The first-order valence-electron chi connectivity index (χ1n) is 7.13. The Morgan fingerprint density at radius 2 is 1.96 bits per heavy atom. The Bertz CT molecular complexity index is 839. The predicted molar refractivity (Wildman–Crippen MR) is 86.9 cm³/mol. The van der Waals surface area contributed by atoms with Crippen LogP contribution >= 0.6 is 0 Å². The van der Waals surface area contributed by atoms with Crippen LogP contribution in [-0.4, -0.2) is 35.6 Å². The highest BCUT2D eigenvalue weighted by Crippen LogP contribution is 2.21. The molecule has 0 atom stereocenters. The summed E-state index contributed by atoms with van der Waals surface area (Å²) in [5.74, 6) is -1.23. The zero-order chi connectivity index (χ0) is 17.0. The van der Waals surface area contributed by atoms with Crippen molar-refractivity contribution in [3.63, 3.8) is 0 Å². The first kappa shape index (κ1) is 17.0. The number of hydrogen-bond donors (Lipinski definition) is 2. The van der Waals surface area contributed by atoms with Crippen molar-refractivity contribution in [1.82, 2.24) is 4.57 Å². The number of anilines is 1. The summed E-state index contributed by atoms with van der Waals surface area (Å²) < 4.78 is 27.4. The number of Topliss-reactive ketones (excluding diaryl/α,β-unsaturated/α-hetero) is 1. The molecule has 7 nitrogen and oxygen atoms in total. The van der Waals surface area contributed by atoms with Gasteiger partial charge in [-0.15, -0.1) is 0 Å². The van der Waals surface area contributed by atoms with E-state index in [1.54, 1.807) is 35.9 Å². The summed E-state index contributed by atoms with van der Waals surface area (Å²) in [5.41, 5.74) is 1.14. The van der Waals surface area contributed by atoms with Crippen LogP contribution in [0.25, 0.3) is 10.9 Å². The third-order valence-electron chi connectivity index (χ3n) is 3.39. The van der Waals surface area contributed by atoms with E-state index in [0.29, 0.717) is 11.2 Å². The molecule has 23 heavy (non-hydrogen) atoms. The molecule has 2 rings (SSSR count). The number of carboxylic acid groups (broad SMARTS) is 1. The molecule has 0 saturated carbocycles. The summed E-state index contributed by atoms with van der Waals surface area (Å²) in [5, 5.41) is 9.47. The van der Waals surface area contributed by atoms with Crippen molar-refractivity contribution in [2.75, 3.05) is 10.5 Å². The van der Waals surface area contributed by atoms with Crippen LogP contribution in [0.4, 0.5) is 5.69 Å². The maximum atomic E-state index is 11.8. The number of nitrogens with one attached hydrogen (secondary N) is 1. The first-order chi connectivity index (χ1) is 10.8. The van der Waals surface area contributed by atoms with Crippen LogP contribution in [0, 0.1) is 0 Å². The molecule has 0 spiro atoms. The quantitative estimate of drug-likeness (QED) is 0.764. The summed E-state index contributed by atoms with van der Waals surface area (Å²) in [6.45, 7) is 1.60. The van der Waals surface area contributed by atoms with Gasteiger partial charge in [0.25, 0.3) is 0 Å². The van der Waals surface area contributed by atoms with E-state index in [0.717, 1.165) is 5.39 Å². The van der Waals surface area contributed by atoms with Gasteiger partial charge in [-0.2, -0.15) is 0 Å². The van der Waals surface area contributed by atoms with Crippen molar-refractivity contribution >= 4 is 38.4 Å². The van der Waals surface area contributed by atoms with Crippen LogP contribution in [0.2, 0.25) is 0 Å². The second-order valence-corrected chi connectivity index (χ2v) is 7.17. The summed E-state index contributed by atoms with van der Waals surface area (Å²) in [7, 11) is -3.37. The first-order valence-corrected chi connectivity index (χ1v) is 8.79. The molecule has 0 aliphatic rings. The van der Waals surface area contributed by atoms with E-state index in [4.69, 9.17) is 5.11 Å². The van der Waals surface area contributed by atoms with Crippen LogP contribution in [-0.2, 0) is 26.2 Å². The highest BCUT2D eigenvalue weighted by Gasteiger charge is 2.11. The Balaban J connectivity index is 2.21. The average Bonchev–Trinajstić information content (AvgIpc) is 2.87. The minimum absolute atomic E-state index is 0.0281. The van der Waals surface area contributed by atoms with Gasteiger partial charge < -0.3 is 9.67 Å². The molecule has 0 fully saturated rings. The number of aliphatic carboxylic acids is 1. The van der Waals surface area contributed by atoms with Crippen LogP contribution in [0.15, 0.2) is 30.5 Å². The van der Waals surface area contributed by atoms with Gasteiger partial charge in [-0.1, -0.05) is 6.07 Å². The standard InChI is InChI=1S/C15H18N2O5S/c1-2-23(21,22)16-12-4-3-11-7-8-17(14(11)9-12)10-13(18)5-6-15(19)20/h3-4,7-9,16H,2,5-6,10H2,1H3,(H,19,20). The number of ketones is 1. The molecule has 2 N–H and O–H groups in total. The zero-order valence-corrected chi connectivity index (χ0v) is 13.5.